The fourth-order valence-corrected chi connectivity index (χ4v) is 6.39. The summed E-state index contributed by atoms with van der Waals surface area (Å²) in [5.41, 5.74) is 13.4. The summed E-state index contributed by atoms with van der Waals surface area (Å²) in [5, 5.41) is 3.71. The Morgan fingerprint density at radius 2 is 1.25 bits per heavy atom. The normalized spacial score (nSPS) is 17.1. The summed E-state index contributed by atoms with van der Waals surface area (Å²) >= 11 is 0. The minimum atomic E-state index is -0.394. The lowest BCUT2D eigenvalue weighted by atomic mass is 9.66. The highest BCUT2D eigenvalue weighted by molar-refractivity contribution is 5.88. The monoisotopic (exact) mass is 513 g/mol. The van der Waals surface area contributed by atoms with Gasteiger partial charge in [0, 0.05) is 11.4 Å². The fourth-order valence-electron chi connectivity index (χ4n) is 6.39. The highest BCUT2D eigenvalue weighted by Crippen LogP contribution is 2.57. The molecule has 0 fully saturated rings. The van der Waals surface area contributed by atoms with Gasteiger partial charge in [-0.25, -0.2) is 0 Å². The highest BCUT2D eigenvalue weighted by Gasteiger charge is 2.46. The van der Waals surface area contributed by atoms with E-state index in [2.05, 4.69) is 164 Å². The van der Waals surface area contributed by atoms with Gasteiger partial charge in [-0.2, -0.15) is 0 Å². The SMILES string of the molecule is Cc1ccc2c(c1)C(C1=CCC=CC=C1)(c1ccccc1)c1cc(Nc3ccc(-c4ccccc4)cc3)ccc1-2. The average Bonchev–Trinajstić information content (AvgIpc) is 3.13. The van der Waals surface area contributed by atoms with Crippen molar-refractivity contribution in [2.75, 3.05) is 5.32 Å². The van der Waals surface area contributed by atoms with Gasteiger partial charge in [-0.05, 0) is 82.1 Å². The van der Waals surface area contributed by atoms with Crippen molar-refractivity contribution in [1.82, 2.24) is 0 Å². The molecule has 192 valence electrons. The van der Waals surface area contributed by atoms with Crippen LogP contribution in [0.3, 0.4) is 0 Å². The maximum atomic E-state index is 3.71. The highest BCUT2D eigenvalue weighted by atomic mass is 14.9. The Bertz CT molecular complexity index is 1770. The first-order valence-corrected chi connectivity index (χ1v) is 14.0. The van der Waals surface area contributed by atoms with Crippen LogP contribution in [0.4, 0.5) is 11.4 Å². The Hall–Kier alpha value is -4.88. The van der Waals surface area contributed by atoms with E-state index in [1.165, 1.54) is 50.1 Å². The molecular weight excluding hydrogens is 482 g/mol. The van der Waals surface area contributed by atoms with Crippen molar-refractivity contribution in [3.05, 3.63) is 180 Å². The molecule has 7 rings (SSSR count). The van der Waals surface area contributed by atoms with Crippen LogP contribution in [0.15, 0.2) is 157 Å². The lowest BCUT2D eigenvalue weighted by Gasteiger charge is -2.35. The minimum absolute atomic E-state index is 0.394. The van der Waals surface area contributed by atoms with Crippen molar-refractivity contribution in [2.45, 2.75) is 18.8 Å². The van der Waals surface area contributed by atoms with E-state index in [0.717, 1.165) is 17.8 Å². The van der Waals surface area contributed by atoms with Crippen LogP contribution in [0.5, 0.6) is 0 Å². The molecule has 1 unspecified atom stereocenters. The zero-order valence-corrected chi connectivity index (χ0v) is 22.6. The third-order valence-electron chi connectivity index (χ3n) is 8.21. The summed E-state index contributed by atoms with van der Waals surface area (Å²) in [6.07, 6.45) is 12.2. The molecule has 2 aliphatic carbocycles. The molecule has 1 nitrogen and oxygen atoms in total. The summed E-state index contributed by atoms with van der Waals surface area (Å²) in [6.45, 7) is 2.20. The molecular formula is C39H31N. The first kappa shape index (κ1) is 24.2. The van der Waals surface area contributed by atoms with Crippen molar-refractivity contribution in [2.24, 2.45) is 0 Å². The second kappa shape index (κ2) is 10.0. The summed E-state index contributed by atoms with van der Waals surface area (Å²) in [7, 11) is 0. The fraction of sp³-hybridized carbons (Fsp3) is 0.0769. The summed E-state index contributed by atoms with van der Waals surface area (Å²) in [6, 6.07) is 44.1. The van der Waals surface area contributed by atoms with Gasteiger partial charge in [0.15, 0.2) is 0 Å². The van der Waals surface area contributed by atoms with Crippen LogP contribution in [0.25, 0.3) is 22.3 Å². The van der Waals surface area contributed by atoms with E-state index in [9.17, 15) is 0 Å². The van der Waals surface area contributed by atoms with E-state index in [1.54, 1.807) is 0 Å². The van der Waals surface area contributed by atoms with E-state index in [0.29, 0.717) is 0 Å². The maximum absolute atomic E-state index is 3.71. The molecule has 0 aliphatic heterocycles. The number of aryl methyl sites for hydroxylation is 1. The quantitative estimate of drug-likeness (QED) is 0.246. The van der Waals surface area contributed by atoms with Crippen molar-refractivity contribution in [1.29, 1.82) is 0 Å². The number of hydrogen-bond acceptors (Lipinski definition) is 1. The standard InChI is InChI=1S/C39H31N/c1-28-18-24-35-36-25-23-34(40-33-21-19-30(20-22-33)29-12-6-4-7-13-29)27-38(36)39(37(35)26-28,32-16-10-5-11-17-32)31-14-8-2-3-9-15-31/h2-8,10-27,40H,9H2,1H3. The summed E-state index contributed by atoms with van der Waals surface area (Å²) in [5.74, 6) is 0. The zero-order chi connectivity index (χ0) is 26.9. The largest absolute Gasteiger partial charge is 0.356 e. The molecule has 0 amide bonds. The van der Waals surface area contributed by atoms with Crippen molar-refractivity contribution in [3.63, 3.8) is 0 Å². The van der Waals surface area contributed by atoms with Crippen molar-refractivity contribution >= 4 is 11.4 Å². The second-order valence-electron chi connectivity index (χ2n) is 10.7. The molecule has 1 atom stereocenters. The average molecular weight is 514 g/mol. The summed E-state index contributed by atoms with van der Waals surface area (Å²) in [4.78, 5) is 0. The number of fused-ring (bicyclic) bond motifs is 3. The van der Waals surface area contributed by atoms with E-state index in [1.807, 2.05) is 0 Å². The molecule has 0 spiro atoms. The van der Waals surface area contributed by atoms with Gasteiger partial charge in [0.1, 0.15) is 0 Å². The molecule has 2 aliphatic rings. The molecule has 0 heterocycles. The van der Waals surface area contributed by atoms with E-state index in [4.69, 9.17) is 0 Å². The maximum Gasteiger partial charge on any atom is 0.0711 e. The molecule has 0 aromatic heterocycles. The molecule has 5 aromatic carbocycles. The molecule has 0 radical (unpaired) electrons. The number of allylic oxidation sites excluding steroid dienone is 6. The van der Waals surface area contributed by atoms with E-state index < -0.39 is 5.41 Å². The topological polar surface area (TPSA) is 12.0 Å². The number of anilines is 2. The Morgan fingerprint density at radius 1 is 0.600 bits per heavy atom. The first-order chi connectivity index (χ1) is 19.7. The number of benzene rings is 5. The van der Waals surface area contributed by atoms with Crippen LogP contribution >= 0.6 is 0 Å². The van der Waals surface area contributed by atoms with Gasteiger partial charge >= 0.3 is 0 Å². The number of nitrogens with one attached hydrogen (secondary N) is 1. The lowest BCUT2D eigenvalue weighted by molar-refractivity contribution is 0.763. The van der Waals surface area contributed by atoms with Crippen molar-refractivity contribution in [3.8, 4) is 22.3 Å². The second-order valence-corrected chi connectivity index (χ2v) is 10.7. The third-order valence-corrected chi connectivity index (χ3v) is 8.21. The van der Waals surface area contributed by atoms with Crippen LogP contribution in [0.1, 0.15) is 28.7 Å². The Morgan fingerprint density at radius 3 is 2.02 bits per heavy atom. The van der Waals surface area contributed by atoms with Gasteiger partial charge in [0.2, 0.25) is 0 Å². The van der Waals surface area contributed by atoms with Gasteiger partial charge in [-0.1, -0.05) is 133 Å². The van der Waals surface area contributed by atoms with Gasteiger partial charge in [0.25, 0.3) is 0 Å². The van der Waals surface area contributed by atoms with E-state index >= 15 is 0 Å². The van der Waals surface area contributed by atoms with Gasteiger partial charge in [-0.15, -0.1) is 0 Å². The molecule has 1 N–H and O–H groups in total. The zero-order valence-electron chi connectivity index (χ0n) is 22.6. The minimum Gasteiger partial charge on any atom is -0.356 e. The van der Waals surface area contributed by atoms with Crippen LogP contribution in [-0.4, -0.2) is 0 Å². The van der Waals surface area contributed by atoms with Gasteiger partial charge < -0.3 is 5.32 Å². The van der Waals surface area contributed by atoms with Crippen LogP contribution in [-0.2, 0) is 5.41 Å². The van der Waals surface area contributed by atoms with Crippen LogP contribution < -0.4 is 5.32 Å². The third kappa shape index (κ3) is 4.03. The molecule has 1 heteroatoms. The Kier molecular flexibility index (Phi) is 6.06. The predicted octanol–water partition coefficient (Wildman–Crippen LogP) is 10.2. The smallest absolute Gasteiger partial charge is 0.0711 e. The predicted molar refractivity (Wildman–Crippen MR) is 169 cm³/mol. The lowest BCUT2D eigenvalue weighted by Crippen LogP contribution is -2.29. The number of hydrogen-bond donors (Lipinski definition) is 1. The van der Waals surface area contributed by atoms with Crippen LogP contribution in [0, 0.1) is 6.92 Å². The first-order valence-electron chi connectivity index (χ1n) is 14.0. The van der Waals surface area contributed by atoms with Crippen LogP contribution in [0.2, 0.25) is 0 Å². The molecule has 40 heavy (non-hydrogen) atoms. The van der Waals surface area contributed by atoms with Gasteiger partial charge in [0.05, 0.1) is 5.41 Å². The van der Waals surface area contributed by atoms with E-state index in [-0.39, 0.29) is 0 Å². The molecule has 0 bridgehead atoms. The molecule has 0 saturated heterocycles. The molecule has 5 aromatic rings. The summed E-state index contributed by atoms with van der Waals surface area (Å²) < 4.78 is 0. The van der Waals surface area contributed by atoms with Gasteiger partial charge in [-0.3, -0.25) is 0 Å². The number of rotatable bonds is 5. The van der Waals surface area contributed by atoms with Crippen molar-refractivity contribution < 1.29 is 0 Å². The Balaban J connectivity index is 1.38. The molecule has 0 saturated carbocycles. The Labute approximate surface area is 236 Å².